The van der Waals surface area contributed by atoms with E-state index in [1.54, 1.807) is 19.9 Å². The van der Waals surface area contributed by atoms with Gasteiger partial charge in [0.15, 0.2) is 11.4 Å². The number of carbonyl (C=O) groups is 2. The van der Waals surface area contributed by atoms with E-state index in [0.717, 1.165) is 5.56 Å². The normalized spacial score (nSPS) is 21.7. The fourth-order valence-electron chi connectivity index (χ4n) is 3.47. The highest BCUT2D eigenvalue weighted by molar-refractivity contribution is 6.23. The Morgan fingerprint density at radius 2 is 2.07 bits per heavy atom. The van der Waals surface area contributed by atoms with Gasteiger partial charge >= 0.3 is 0 Å². The van der Waals surface area contributed by atoms with Gasteiger partial charge in [-0.05, 0) is 50.8 Å². The molecule has 150 valence electrons. The minimum atomic E-state index is -0.929. The van der Waals surface area contributed by atoms with Crippen LogP contribution in [0.15, 0.2) is 34.7 Å². The second-order valence-electron chi connectivity index (χ2n) is 7.48. The van der Waals surface area contributed by atoms with Gasteiger partial charge < -0.3 is 20.0 Å². The molecular formula is C21H26N2O5. The van der Waals surface area contributed by atoms with Gasteiger partial charge in [-0.1, -0.05) is 18.1 Å². The first-order valence-corrected chi connectivity index (χ1v) is 9.55. The number of fused-ring (bicyclic) bond motifs is 1. The van der Waals surface area contributed by atoms with Crippen molar-refractivity contribution in [1.82, 2.24) is 0 Å². The molecule has 28 heavy (non-hydrogen) atoms. The number of nitrogens with zero attached hydrogens (tertiary/aromatic N) is 1. The maximum absolute atomic E-state index is 12.7. The molecule has 7 heteroatoms. The summed E-state index contributed by atoms with van der Waals surface area (Å²) in [6.07, 6.45) is 1.07. The molecule has 2 N–H and O–H groups in total. The quantitative estimate of drug-likeness (QED) is 0.592. The third kappa shape index (κ3) is 3.74. The van der Waals surface area contributed by atoms with E-state index in [1.807, 2.05) is 26.0 Å². The number of benzene rings is 1. The Morgan fingerprint density at radius 1 is 1.32 bits per heavy atom. The lowest BCUT2D eigenvalue weighted by atomic mass is 9.80. The van der Waals surface area contributed by atoms with Crippen LogP contribution in [0.25, 0.3) is 0 Å². The van der Waals surface area contributed by atoms with Gasteiger partial charge in [0, 0.05) is 12.8 Å². The van der Waals surface area contributed by atoms with Crippen molar-refractivity contribution in [1.29, 1.82) is 0 Å². The number of nitrogens with one attached hydrogen (secondary N) is 1. The van der Waals surface area contributed by atoms with E-state index < -0.39 is 5.60 Å². The lowest BCUT2D eigenvalue weighted by molar-refractivity contribution is -0.129. The molecule has 0 bridgehead atoms. The van der Waals surface area contributed by atoms with Crippen LogP contribution >= 0.6 is 0 Å². The summed E-state index contributed by atoms with van der Waals surface area (Å²) in [4.78, 5) is 29.9. The molecule has 3 rings (SSSR count). The molecule has 1 heterocycles. The van der Waals surface area contributed by atoms with Crippen LogP contribution in [0.1, 0.15) is 58.4 Å². The SMILES string of the molecule is CCON=C(CC)C1=C(O)CC(c2ccc3c(c2)NC(=O)C(C)(C)O3)CC1=O. The standard InChI is InChI=1S/C21H26N2O5/c1-5-14(23-27-6-2)19-16(24)10-13(11-17(19)25)12-7-8-18-15(9-12)22-20(26)21(3,4)28-18/h7-9,13,24H,5-6,10-11H2,1-4H3,(H,22,26). The molecule has 1 aliphatic carbocycles. The second-order valence-corrected chi connectivity index (χ2v) is 7.48. The van der Waals surface area contributed by atoms with Crippen molar-refractivity contribution < 1.29 is 24.3 Å². The number of Topliss-reactive ketones (excluding diaryl/α,β-unsaturated/α-hetero) is 1. The molecule has 1 aromatic carbocycles. The molecule has 1 aliphatic heterocycles. The zero-order chi connectivity index (χ0) is 20.5. The molecule has 2 aliphatic rings. The van der Waals surface area contributed by atoms with Crippen molar-refractivity contribution in [2.45, 2.75) is 58.5 Å². The van der Waals surface area contributed by atoms with Crippen LogP contribution in [-0.4, -0.2) is 34.7 Å². The van der Waals surface area contributed by atoms with Crippen LogP contribution < -0.4 is 10.1 Å². The number of aliphatic hydroxyl groups is 1. The molecule has 0 spiro atoms. The second kappa shape index (κ2) is 7.66. The zero-order valence-electron chi connectivity index (χ0n) is 16.7. The van der Waals surface area contributed by atoms with Gasteiger partial charge in [-0.15, -0.1) is 0 Å². The predicted octanol–water partition coefficient (Wildman–Crippen LogP) is 3.86. The Morgan fingerprint density at radius 3 is 2.71 bits per heavy atom. The molecule has 0 saturated heterocycles. The number of anilines is 1. The Hall–Kier alpha value is -2.83. The molecule has 0 fully saturated rings. The fraction of sp³-hybridized carbons (Fsp3) is 0.476. The van der Waals surface area contributed by atoms with Gasteiger partial charge in [0.25, 0.3) is 5.91 Å². The van der Waals surface area contributed by atoms with Gasteiger partial charge in [-0.3, -0.25) is 9.59 Å². The number of rotatable bonds is 5. The highest BCUT2D eigenvalue weighted by Gasteiger charge is 2.36. The summed E-state index contributed by atoms with van der Waals surface area (Å²) in [6, 6.07) is 5.48. The van der Waals surface area contributed by atoms with Crippen molar-refractivity contribution >= 4 is 23.1 Å². The van der Waals surface area contributed by atoms with E-state index in [9.17, 15) is 14.7 Å². The summed E-state index contributed by atoms with van der Waals surface area (Å²) in [5.41, 5.74) is 1.25. The number of oxime groups is 1. The van der Waals surface area contributed by atoms with Crippen LogP contribution in [0, 0.1) is 0 Å². The fourth-order valence-corrected chi connectivity index (χ4v) is 3.47. The number of allylic oxidation sites excluding steroid dienone is 2. The van der Waals surface area contributed by atoms with Crippen LogP contribution in [0.4, 0.5) is 5.69 Å². The number of hydrogen-bond donors (Lipinski definition) is 2. The highest BCUT2D eigenvalue weighted by atomic mass is 16.6. The number of ketones is 1. The topological polar surface area (TPSA) is 97.2 Å². The molecule has 1 unspecified atom stereocenters. The molecule has 0 saturated carbocycles. The molecule has 7 nitrogen and oxygen atoms in total. The average Bonchev–Trinajstić information content (AvgIpc) is 2.64. The monoisotopic (exact) mass is 386 g/mol. The van der Waals surface area contributed by atoms with Crippen molar-refractivity contribution in [3.63, 3.8) is 0 Å². The van der Waals surface area contributed by atoms with E-state index in [0.29, 0.717) is 36.6 Å². The molecule has 0 aromatic heterocycles. The maximum atomic E-state index is 12.7. The Kier molecular flexibility index (Phi) is 5.45. The van der Waals surface area contributed by atoms with E-state index in [1.165, 1.54) is 0 Å². The number of carbonyl (C=O) groups excluding carboxylic acids is 2. The van der Waals surface area contributed by atoms with Gasteiger partial charge in [0.2, 0.25) is 0 Å². The summed E-state index contributed by atoms with van der Waals surface area (Å²) < 4.78 is 5.75. The molecule has 1 aromatic rings. The first kappa shape index (κ1) is 19.9. The number of aliphatic hydroxyl groups excluding tert-OH is 1. The highest BCUT2D eigenvalue weighted by Crippen LogP contribution is 2.40. The zero-order valence-corrected chi connectivity index (χ0v) is 16.7. The van der Waals surface area contributed by atoms with Crippen LogP contribution in [-0.2, 0) is 14.4 Å². The Bertz CT molecular complexity index is 870. The van der Waals surface area contributed by atoms with E-state index in [-0.39, 0.29) is 35.4 Å². The third-order valence-electron chi connectivity index (χ3n) is 5.00. The molecule has 0 radical (unpaired) electrons. The van der Waals surface area contributed by atoms with Gasteiger partial charge in [-0.25, -0.2) is 0 Å². The minimum Gasteiger partial charge on any atom is -0.511 e. The van der Waals surface area contributed by atoms with E-state index in [2.05, 4.69) is 10.5 Å². The van der Waals surface area contributed by atoms with E-state index in [4.69, 9.17) is 9.57 Å². The van der Waals surface area contributed by atoms with Gasteiger partial charge in [0.05, 0.1) is 17.0 Å². The summed E-state index contributed by atoms with van der Waals surface area (Å²) in [7, 11) is 0. The largest absolute Gasteiger partial charge is 0.511 e. The van der Waals surface area contributed by atoms with Crippen LogP contribution in [0.3, 0.4) is 0 Å². The first-order chi connectivity index (χ1) is 13.3. The molecule has 1 atom stereocenters. The van der Waals surface area contributed by atoms with Crippen LogP contribution in [0.5, 0.6) is 5.75 Å². The molecule has 1 amide bonds. The maximum Gasteiger partial charge on any atom is 0.268 e. The van der Waals surface area contributed by atoms with Crippen molar-refractivity contribution in [2.24, 2.45) is 5.16 Å². The average molecular weight is 386 g/mol. The first-order valence-electron chi connectivity index (χ1n) is 9.55. The summed E-state index contributed by atoms with van der Waals surface area (Å²) in [5, 5.41) is 17.4. The minimum absolute atomic E-state index is 0.0284. The number of ether oxygens (including phenoxy) is 1. The molecular weight excluding hydrogens is 360 g/mol. The number of hydrogen-bond acceptors (Lipinski definition) is 6. The van der Waals surface area contributed by atoms with Crippen molar-refractivity contribution in [3.05, 3.63) is 35.1 Å². The Labute approximate surface area is 164 Å². The smallest absolute Gasteiger partial charge is 0.268 e. The van der Waals surface area contributed by atoms with Crippen molar-refractivity contribution in [2.75, 3.05) is 11.9 Å². The van der Waals surface area contributed by atoms with Gasteiger partial charge in [-0.2, -0.15) is 0 Å². The lowest BCUT2D eigenvalue weighted by Crippen LogP contribution is -2.45. The van der Waals surface area contributed by atoms with E-state index >= 15 is 0 Å². The summed E-state index contributed by atoms with van der Waals surface area (Å²) in [5.74, 6) is 0.0575. The van der Waals surface area contributed by atoms with Crippen molar-refractivity contribution in [3.8, 4) is 5.75 Å². The third-order valence-corrected chi connectivity index (χ3v) is 5.00. The Balaban J connectivity index is 1.87. The lowest BCUT2D eigenvalue weighted by Gasteiger charge is -2.32. The summed E-state index contributed by atoms with van der Waals surface area (Å²) >= 11 is 0. The number of amides is 1. The summed E-state index contributed by atoms with van der Waals surface area (Å²) in [6.45, 7) is 7.49. The predicted molar refractivity (Wildman–Crippen MR) is 106 cm³/mol. The van der Waals surface area contributed by atoms with Gasteiger partial charge in [0.1, 0.15) is 18.1 Å². The van der Waals surface area contributed by atoms with Crippen LogP contribution in [0.2, 0.25) is 0 Å².